The predicted octanol–water partition coefficient (Wildman–Crippen LogP) is 6.51. The molecule has 0 aliphatic carbocycles. The summed E-state index contributed by atoms with van der Waals surface area (Å²) in [5.41, 5.74) is 4.16. The number of hydrogen-bond acceptors (Lipinski definition) is 5. The van der Waals surface area contributed by atoms with E-state index in [1.165, 1.54) is 24.3 Å². The zero-order valence-corrected chi connectivity index (χ0v) is 19.5. The SMILES string of the molecule is CC(=O)N(c1nc(COC(=O)/C=C/c2ccc(Cl)c(Cl)c2)cs1)c1ccc(C)cc1C. The lowest BCUT2D eigenvalue weighted by Crippen LogP contribution is -2.23. The summed E-state index contributed by atoms with van der Waals surface area (Å²) in [6, 6.07) is 10.9. The van der Waals surface area contributed by atoms with Crippen molar-refractivity contribution < 1.29 is 14.3 Å². The number of aryl methyl sites for hydroxylation is 2. The van der Waals surface area contributed by atoms with E-state index < -0.39 is 5.97 Å². The van der Waals surface area contributed by atoms with Gasteiger partial charge in [-0.05, 0) is 49.2 Å². The molecule has 160 valence electrons. The Hall–Kier alpha value is -2.67. The van der Waals surface area contributed by atoms with E-state index in [2.05, 4.69) is 4.98 Å². The van der Waals surface area contributed by atoms with Crippen LogP contribution >= 0.6 is 34.5 Å². The summed E-state index contributed by atoms with van der Waals surface area (Å²) in [5.74, 6) is -0.659. The van der Waals surface area contributed by atoms with Gasteiger partial charge in [0.25, 0.3) is 0 Å². The normalized spacial score (nSPS) is 11.0. The van der Waals surface area contributed by atoms with Crippen molar-refractivity contribution in [2.75, 3.05) is 4.90 Å². The van der Waals surface area contributed by atoms with Gasteiger partial charge in [0.15, 0.2) is 5.13 Å². The molecule has 1 heterocycles. The molecule has 0 spiro atoms. The van der Waals surface area contributed by atoms with E-state index in [0.29, 0.717) is 20.9 Å². The average Bonchev–Trinajstić information content (AvgIpc) is 3.17. The van der Waals surface area contributed by atoms with E-state index in [-0.39, 0.29) is 12.5 Å². The van der Waals surface area contributed by atoms with Crippen LogP contribution in [0.25, 0.3) is 6.08 Å². The van der Waals surface area contributed by atoms with Crippen molar-refractivity contribution in [1.82, 2.24) is 4.98 Å². The van der Waals surface area contributed by atoms with E-state index in [4.69, 9.17) is 27.9 Å². The van der Waals surface area contributed by atoms with E-state index >= 15 is 0 Å². The summed E-state index contributed by atoms with van der Waals surface area (Å²) >= 11 is 13.2. The third-order valence-corrected chi connectivity index (χ3v) is 5.97. The standard InChI is InChI=1S/C23H20Cl2N2O3S/c1-14-4-8-21(15(2)10-14)27(16(3)28)23-26-18(13-31-23)12-30-22(29)9-6-17-5-7-19(24)20(25)11-17/h4-11,13H,12H2,1-3H3/b9-6+. The van der Waals surface area contributed by atoms with Gasteiger partial charge >= 0.3 is 5.97 Å². The van der Waals surface area contributed by atoms with Gasteiger partial charge in [0.1, 0.15) is 6.61 Å². The Morgan fingerprint density at radius 3 is 2.58 bits per heavy atom. The number of benzene rings is 2. The first-order chi connectivity index (χ1) is 14.7. The van der Waals surface area contributed by atoms with Crippen LogP contribution in [0.4, 0.5) is 10.8 Å². The Balaban J connectivity index is 1.67. The number of amides is 1. The number of carbonyl (C=O) groups is 2. The summed E-state index contributed by atoms with van der Waals surface area (Å²) in [7, 11) is 0. The second-order valence-electron chi connectivity index (χ2n) is 6.88. The van der Waals surface area contributed by atoms with Crippen molar-refractivity contribution in [3.63, 3.8) is 0 Å². The highest BCUT2D eigenvalue weighted by molar-refractivity contribution is 7.14. The Labute approximate surface area is 194 Å². The molecule has 5 nitrogen and oxygen atoms in total. The fraction of sp³-hybridized carbons (Fsp3) is 0.174. The first-order valence-corrected chi connectivity index (χ1v) is 11.0. The number of carbonyl (C=O) groups excluding carboxylic acids is 2. The maximum Gasteiger partial charge on any atom is 0.331 e. The van der Waals surface area contributed by atoms with Crippen molar-refractivity contribution in [3.05, 3.63) is 80.3 Å². The van der Waals surface area contributed by atoms with Crippen LogP contribution in [0.1, 0.15) is 29.3 Å². The first-order valence-electron chi connectivity index (χ1n) is 9.37. The molecule has 0 saturated carbocycles. The number of aromatic nitrogens is 1. The topological polar surface area (TPSA) is 59.5 Å². The van der Waals surface area contributed by atoms with Crippen molar-refractivity contribution in [2.24, 2.45) is 0 Å². The molecule has 3 rings (SSSR count). The molecule has 0 aliphatic heterocycles. The monoisotopic (exact) mass is 474 g/mol. The first kappa shape index (κ1) is 23.0. The number of thiazole rings is 1. The van der Waals surface area contributed by atoms with E-state index in [0.717, 1.165) is 22.4 Å². The second kappa shape index (κ2) is 10.1. The zero-order chi connectivity index (χ0) is 22.5. The minimum absolute atomic E-state index is 0.000325. The molecule has 31 heavy (non-hydrogen) atoms. The van der Waals surface area contributed by atoms with Gasteiger partial charge in [-0.2, -0.15) is 0 Å². The van der Waals surface area contributed by atoms with Gasteiger partial charge in [0, 0.05) is 18.4 Å². The van der Waals surface area contributed by atoms with Gasteiger partial charge in [-0.15, -0.1) is 11.3 Å². The molecule has 0 aliphatic rings. The molecular weight excluding hydrogens is 455 g/mol. The minimum atomic E-state index is -0.515. The highest BCUT2D eigenvalue weighted by Gasteiger charge is 2.20. The van der Waals surface area contributed by atoms with Crippen molar-refractivity contribution in [2.45, 2.75) is 27.4 Å². The number of esters is 1. The number of hydrogen-bond donors (Lipinski definition) is 0. The van der Waals surface area contributed by atoms with Crippen LogP contribution < -0.4 is 4.90 Å². The molecule has 3 aromatic rings. The molecule has 8 heteroatoms. The summed E-state index contributed by atoms with van der Waals surface area (Å²) in [5, 5.41) is 3.15. The van der Waals surface area contributed by atoms with Crippen LogP contribution in [0, 0.1) is 13.8 Å². The molecule has 0 fully saturated rings. The van der Waals surface area contributed by atoms with Crippen molar-refractivity contribution in [1.29, 1.82) is 0 Å². The summed E-state index contributed by atoms with van der Waals surface area (Å²) in [4.78, 5) is 30.4. The van der Waals surface area contributed by atoms with E-state index in [9.17, 15) is 9.59 Å². The van der Waals surface area contributed by atoms with Crippen LogP contribution in [-0.2, 0) is 20.9 Å². The van der Waals surface area contributed by atoms with Crippen LogP contribution in [0.2, 0.25) is 10.0 Å². The lowest BCUT2D eigenvalue weighted by atomic mass is 10.1. The molecule has 1 amide bonds. The second-order valence-corrected chi connectivity index (χ2v) is 8.53. The van der Waals surface area contributed by atoms with E-state index in [1.54, 1.807) is 34.6 Å². The van der Waals surface area contributed by atoms with Gasteiger partial charge in [0.2, 0.25) is 5.91 Å². The maximum atomic E-state index is 12.3. The van der Waals surface area contributed by atoms with Gasteiger partial charge in [-0.25, -0.2) is 9.78 Å². The molecule has 0 N–H and O–H groups in total. The lowest BCUT2D eigenvalue weighted by Gasteiger charge is -2.20. The fourth-order valence-corrected chi connectivity index (χ4v) is 4.07. The largest absolute Gasteiger partial charge is 0.456 e. The Morgan fingerprint density at radius 2 is 1.90 bits per heavy atom. The molecule has 0 bridgehead atoms. The highest BCUT2D eigenvalue weighted by atomic mass is 35.5. The zero-order valence-electron chi connectivity index (χ0n) is 17.2. The molecule has 0 saturated heterocycles. The Kier molecular flexibility index (Phi) is 7.49. The molecule has 0 radical (unpaired) electrons. The molecular formula is C23H20Cl2N2O3S. The Bertz CT molecular complexity index is 1160. The summed E-state index contributed by atoms with van der Waals surface area (Å²) in [6.45, 7) is 5.45. The highest BCUT2D eigenvalue weighted by Crippen LogP contribution is 2.32. The van der Waals surface area contributed by atoms with Crippen LogP contribution in [-0.4, -0.2) is 16.9 Å². The number of ether oxygens (including phenoxy) is 1. The Morgan fingerprint density at radius 1 is 1.13 bits per heavy atom. The van der Waals surface area contributed by atoms with Crippen LogP contribution in [0.3, 0.4) is 0 Å². The average molecular weight is 475 g/mol. The van der Waals surface area contributed by atoms with Crippen LogP contribution in [0.5, 0.6) is 0 Å². The van der Waals surface area contributed by atoms with Crippen molar-refractivity contribution >= 4 is 63.3 Å². The van der Waals surface area contributed by atoms with Crippen LogP contribution in [0.15, 0.2) is 47.9 Å². The predicted molar refractivity (Wildman–Crippen MR) is 126 cm³/mol. The van der Waals surface area contributed by atoms with E-state index in [1.807, 2.05) is 32.0 Å². The van der Waals surface area contributed by atoms with Gasteiger partial charge in [0.05, 0.1) is 21.4 Å². The van der Waals surface area contributed by atoms with Gasteiger partial charge in [-0.1, -0.05) is 47.0 Å². The van der Waals surface area contributed by atoms with Gasteiger partial charge < -0.3 is 4.74 Å². The smallest absolute Gasteiger partial charge is 0.331 e. The fourth-order valence-electron chi connectivity index (χ4n) is 2.90. The van der Waals surface area contributed by atoms with Crippen molar-refractivity contribution in [3.8, 4) is 0 Å². The molecule has 0 unspecified atom stereocenters. The number of nitrogens with zero attached hydrogens (tertiary/aromatic N) is 2. The quantitative estimate of drug-likeness (QED) is 0.301. The third-order valence-electron chi connectivity index (χ3n) is 4.36. The molecule has 2 aromatic carbocycles. The number of rotatable bonds is 6. The molecule has 0 atom stereocenters. The van der Waals surface area contributed by atoms with Gasteiger partial charge in [-0.3, -0.25) is 9.69 Å². The lowest BCUT2D eigenvalue weighted by molar-refractivity contribution is -0.139. The number of anilines is 2. The summed E-state index contributed by atoms with van der Waals surface area (Å²) < 4.78 is 5.26. The number of halogens is 2. The summed E-state index contributed by atoms with van der Waals surface area (Å²) in [6.07, 6.45) is 2.90. The third kappa shape index (κ3) is 5.94. The molecule has 1 aromatic heterocycles. The maximum absolute atomic E-state index is 12.3. The minimum Gasteiger partial charge on any atom is -0.456 e.